The van der Waals surface area contributed by atoms with Crippen molar-refractivity contribution in [2.75, 3.05) is 20.6 Å². The summed E-state index contributed by atoms with van der Waals surface area (Å²) in [4.78, 5) is 48.8. The second-order valence-corrected chi connectivity index (χ2v) is 11.5. The Kier molecular flexibility index (Phi) is 13.4. The number of aromatic nitrogens is 2. The van der Waals surface area contributed by atoms with Crippen LogP contribution in [0.5, 0.6) is 0 Å². The van der Waals surface area contributed by atoms with E-state index in [-0.39, 0.29) is 30.6 Å². The molecule has 38 heavy (non-hydrogen) atoms. The Bertz CT molecular complexity index is 1000. The predicted octanol–water partition coefficient (Wildman–Crippen LogP) is 3.44. The number of alkyl carbamates (subject to hydrolysis) is 1. The molecule has 2 heterocycles. The van der Waals surface area contributed by atoms with Gasteiger partial charge in [-0.3, -0.25) is 9.78 Å². The van der Waals surface area contributed by atoms with Crippen molar-refractivity contribution < 1.29 is 19.1 Å². The average molecular weight is 568 g/mol. The number of nitrogens with zero attached hydrogens (tertiary/aromatic N) is 3. The summed E-state index contributed by atoms with van der Waals surface area (Å²) in [6.45, 7) is 9.09. The Balaban J connectivity index is 1.78. The number of amides is 4. The lowest BCUT2D eigenvalue weighted by molar-refractivity contribution is -0.123. The van der Waals surface area contributed by atoms with Gasteiger partial charge in [0, 0.05) is 36.6 Å². The minimum atomic E-state index is -0.682. The molecule has 0 saturated heterocycles. The van der Waals surface area contributed by atoms with Crippen molar-refractivity contribution in [1.29, 1.82) is 0 Å². The van der Waals surface area contributed by atoms with E-state index in [0.717, 1.165) is 15.6 Å². The summed E-state index contributed by atoms with van der Waals surface area (Å²) in [5.74, 6) is 0.0982. The number of carbonyl (C=O) groups excluding carboxylic acids is 3. The lowest BCUT2D eigenvalue weighted by atomic mass is 10.1. The van der Waals surface area contributed by atoms with Crippen LogP contribution in [-0.4, -0.2) is 71.7 Å². The van der Waals surface area contributed by atoms with E-state index in [2.05, 4.69) is 45.1 Å². The highest BCUT2D eigenvalue weighted by atomic mass is 32.1. The molecule has 2 aromatic rings. The van der Waals surface area contributed by atoms with E-state index in [1.54, 1.807) is 37.1 Å². The van der Waals surface area contributed by atoms with Crippen LogP contribution in [-0.2, 0) is 22.7 Å². The summed E-state index contributed by atoms with van der Waals surface area (Å²) in [6.07, 6.45) is 2.93. The summed E-state index contributed by atoms with van der Waals surface area (Å²) in [5.41, 5.74) is 2.52. The number of rotatable bonds is 15. The number of hydrogen-bond acceptors (Lipinski definition) is 9. The van der Waals surface area contributed by atoms with Gasteiger partial charge in [0.1, 0.15) is 12.6 Å². The van der Waals surface area contributed by atoms with E-state index in [1.807, 2.05) is 19.2 Å². The maximum Gasteiger partial charge on any atom is 0.407 e. The molecular weight excluding hydrogens is 526 g/mol. The van der Waals surface area contributed by atoms with Gasteiger partial charge in [-0.25, -0.2) is 14.6 Å². The third-order valence-electron chi connectivity index (χ3n) is 5.72. The zero-order valence-corrected chi connectivity index (χ0v) is 24.7. The first-order valence-corrected chi connectivity index (χ1v) is 14.6. The van der Waals surface area contributed by atoms with Crippen molar-refractivity contribution in [2.24, 2.45) is 0 Å². The van der Waals surface area contributed by atoms with Crippen LogP contribution >= 0.6 is 22.7 Å². The minimum Gasteiger partial charge on any atom is -0.444 e. The van der Waals surface area contributed by atoms with Gasteiger partial charge in [0.15, 0.2) is 0 Å². The first-order valence-electron chi connectivity index (χ1n) is 12.8. The number of urea groups is 1. The average Bonchev–Trinajstić information content (AvgIpc) is 3.56. The van der Waals surface area contributed by atoms with E-state index in [9.17, 15) is 14.4 Å². The van der Waals surface area contributed by atoms with Gasteiger partial charge in [-0.05, 0) is 46.7 Å². The molecule has 4 amide bonds. The normalized spacial score (nSPS) is 13.4. The number of thiazole rings is 2. The molecule has 0 aliphatic heterocycles. The quantitative estimate of drug-likeness (QED) is 0.259. The predicted molar refractivity (Wildman–Crippen MR) is 150 cm³/mol. The van der Waals surface area contributed by atoms with Crippen LogP contribution in [0.3, 0.4) is 0 Å². The Morgan fingerprint density at radius 2 is 1.74 bits per heavy atom. The molecule has 0 aliphatic rings. The van der Waals surface area contributed by atoms with Crippen LogP contribution in [0, 0.1) is 0 Å². The van der Waals surface area contributed by atoms with Gasteiger partial charge in [0.25, 0.3) is 0 Å². The summed E-state index contributed by atoms with van der Waals surface area (Å²) in [6, 6.07) is -1.28. The third-order valence-corrected chi connectivity index (χ3v) is 7.67. The Morgan fingerprint density at radius 3 is 2.34 bits per heavy atom. The molecule has 0 aromatic carbocycles. The smallest absolute Gasteiger partial charge is 0.407 e. The van der Waals surface area contributed by atoms with E-state index >= 15 is 0 Å². The highest BCUT2D eigenvalue weighted by Gasteiger charge is 2.24. The van der Waals surface area contributed by atoms with Crippen molar-refractivity contribution in [3.8, 4) is 0 Å². The lowest BCUT2D eigenvalue weighted by Gasteiger charge is -2.25. The maximum absolute atomic E-state index is 13.0. The molecule has 212 valence electrons. The van der Waals surface area contributed by atoms with Crippen molar-refractivity contribution in [1.82, 2.24) is 36.1 Å². The highest BCUT2D eigenvalue weighted by molar-refractivity contribution is 7.09. The summed E-state index contributed by atoms with van der Waals surface area (Å²) >= 11 is 3.01. The van der Waals surface area contributed by atoms with Gasteiger partial charge < -0.3 is 30.9 Å². The molecule has 0 spiro atoms. The fraction of sp³-hybridized carbons (Fsp3) is 0.640. The van der Waals surface area contributed by atoms with Crippen LogP contribution < -0.4 is 21.3 Å². The number of ether oxygens (including phenoxy) is 1. The summed E-state index contributed by atoms with van der Waals surface area (Å²) in [7, 11) is 3.49. The zero-order chi connectivity index (χ0) is 28.1. The SMILES string of the molecule is CNCCC(NC(=O)N(C)Cc1csc(C(C)C)n1)C(=O)NC(C)CCC(C)NC(=O)OCc1cncs1. The molecule has 4 N–H and O–H groups in total. The number of carbonyl (C=O) groups is 3. The van der Waals surface area contributed by atoms with Crippen LogP contribution in [0.1, 0.15) is 68.5 Å². The molecule has 3 atom stereocenters. The Morgan fingerprint density at radius 1 is 1.03 bits per heavy atom. The molecule has 0 saturated carbocycles. The van der Waals surface area contributed by atoms with E-state index in [4.69, 9.17) is 4.74 Å². The first kappa shape index (κ1) is 31.4. The topological polar surface area (TPSA) is 138 Å². The standard InChI is InChI=1S/C25H41N7O4S2/c1-16(2)23-30-19(14-37-23)12-32(6)24(34)31-21(9-10-26-5)22(33)28-17(3)7-8-18(4)29-25(35)36-13-20-11-27-15-38-20/h11,14-18,21,26H,7-10,12-13H2,1-6H3,(H,28,33)(H,29,35)(H,31,34). The third kappa shape index (κ3) is 11.3. The van der Waals surface area contributed by atoms with Gasteiger partial charge in [-0.1, -0.05) is 13.8 Å². The second-order valence-electron chi connectivity index (χ2n) is 9.66. The van der Waals surface area contributed by atoms with Crippen molar-refractivity contribution in [3.63, 3.8) is 0 Å². The summed E-state index contributed by atoms with van der Waals surface area (Å²) in [5, 5.41) is 14.7. The highest BCUT2D eigenvalue weighted by Crippen LogP contribution is 2.19. The van der Waals surface area contributed by atoms with Crippen molar-refractivity contribution in [3.05, 3.63) is 32.7 Å². The van der Waals surface area contributed by atoms with Gasteiger partial charge in [0.2, 0.25) is 5.91 Å². The molecule has 3 unspecified atom stereocenters. The molecule has 0 radical (unpaired) electrons. The van der Waals surface area contributed by atoms with Crippen LogP contribution in [0.25, 0.3) is 0 Å². The molecule has 0 bridgehead atoms. The Hall–Kier alpha value is -2.77. The first-order chi connectivity index (χ1) is 18.1. The molecular formula is C25H41N7O4S2. The fourth-order valence-electron chi connectivity index (χ4n) is 3.47. The van der Waals surface area contributed by atoms with E-state index in [0.29, 0.717) is 38.3 Å². The number of nitrogens with one attached hydrogen (secondary N) is 4. The van der Waals surface area contributed by atoms with Gasteiger partial charge in [0.05, 0.1) is 27.6 Å². The molecule has 11 nitrogen and oxygen atoms in total. The monoisotopic (exact) mass is 567 g/mol. The maximum atomic E-state index is 13.0. The lowest BCUT2D eigenvalue weighted by Crippen LogP contribution is -2.52. The van der Waals surface area contributed by atoms with Crippen molar-refractivity contribution >= 4 is 40.7 Å². The number of hydrogen-bond donors (Lipinski definition) is 4. The van der Waals surface area contributed by atoms with Gasteiger partial charge >= 0.3 is 12.1 Å². The zero-order valence-electron chi connectivity index (χ0n) is 23.1. The van der Waals surface area contributed by atoms with Gasteiger partial charge in [-0.15, -0.1) is 22.7 Å². The van der Waals surface area contributed by atoms with E-state index in [1.165, 1.54) is 16.2 Å². The molecule has 2 rings (SSSR count). The fourth-order valence-corrected chi connectivity index (χ4v) is 4.80. The van der Waals surface area contributed by atoms with E-state index < -0.39 is 12.1 Å². The minimum absolute atomic E-state index is 0.126. The van der Waals surface area contributed by atoms with Crippen LogP contribution in [0.4, 0.5) is 9.59 Å². The molecule has 0 aliphatic carbocycles. The van der Waals surface area contributed by atoms with Crippen LogP contribution in [0.15, 0.2) is 17.1 Å². The molecule has 0 fully saturated rings. The molecule has 13 heteroatoms. The van der Waals surface area contributed by atoms with Crippen LogP contribution in [0.2, 0.25) is 0 Å². The molecule has 2 aromatic heterocycles. The second kappa shape index (κ2) is 16.2. The van der Waals surface area contributed by atoms with Crippen molar-refractivity contribution in [2.45, 2.75) is 84.2 Å². The summed E-state index contributed by atoms with van der Waals surface area (Å²) < 4.78 is 5.20. The van der Waals surface area contributed by atoms with Gasteiger partial charge in [-0.2, -0.15) is 0 Å². The Labute approximate surface area is 233 Å². The largest absolute Gasteiger partial charge is 0.444 e.